The fraction of sp³-hybridized carbons (Fsp3) is 0.265. The monoisotopic (exact) mass is 554 g/mol. The summed E-state index contributed by atoms with van der Waals surface area (Å²) in [5.41, 5.74) is 6.35. The summed E-state index contributed by atoms with van der Waals surface area (Å²) in [5, 5.41) is 0.685. The number of amides is 1. The molecule has 6 rings (SSSR count). The summed E-state index contributed by atoms with van der Waals surface area (Å²) in [7, 11) is 1.66. The van der Waals surface area contributed by atoms with Gasteiger partial charge in [-0.05, 0) is 71.3 Å². The van der Waals surface area contributed by atoms with E-state index in [0.717, 1.165) is 30.7 Å². The molecule has 4 aromatic carbocycles. The Hall–Kier alpha value is -3.67. The molecule has 0 saturated heterocycles. The molecule has 0 N–H and O–H groups in total. The van der Waals surface area contributed by atoms with Crippen molar-refractivity contribution in [3.05, 3.63) is 135 Å². The number of carbonyl (C=O) groups is 1. The molecule has 4 nitrogen and oxygen atoms in total. The number of nitrogens with zero attached hydrogens (tertiary/aromatic N) is 2. The Balaban J connectivity index is 1.32. The molecule has 0 fully saturated rings. The zero-order chi connectivity index (χ0) is 27.6. The number of methoxy groups -OCH3 is 1. The second-order valence-corrected chi connectivity index (χ2v) is 11.1. The molecule has 1 aliphatic carbocycles. The maximum atomic E-state index is 14.8. The minimum absolute atomic E-state index is 0.00976. The van der Waals surface area contributed by atoms with E-state index in [0.29, 0.717) is 17.0 Å². The molecule has 204 valence electrons. The van der Waals surface area contributed by atoms with E-state index in [2.05, 4.69) is 35.2 Å². The van der Waals surface area contributed by atoms with Crippen LogP contribution >= 0.6 is 11.6 Å². The standard InChI is InChI=1S/C34H32ClFN2O2/c1-40-28-15-14-24-18-27(19-26(24)20-28)38(21-25-9-3-7-13-32(25)36)33(39)22-37-17-16-23-8-2-4-10-29(23)34(37)30-11-5-6-12-31(30)35/h2-15,20,27,34H,16-19,21-22H2,1H3. The molecule has 2 aliphatic rings. The van der Waals surface area contributed by atoms with Gasteiger partial charge in [-0.15, -0.1) is 0 Å². The Morgan fingerprint density at radius 1 is 0.925 bits per heavy atom. The van der Waals surface area contributed by atoms with E-state index >= 15 is 0 Å². The number of hydrogen-bond acceptors (Lipinski definition) is 3. The number of rotatable bonds is 7. The summed E-state index contributed by atoms with van der Waals surface area (Å²) < 4.78 is 20.3. The molecule has 1 aliphatic heterocycles. The Bertz CT molecular complexity index is 1540. The summed E-state index contributed by atoms with van der Waals surface area (Å²) in [4.78, 5) is 18.4. The SMILES string of the molecule is COc1ccc2c(c1)CC(N(Cc1ccccc1F)C(=O)CN1CCc3ccccc3C1c1ccccc1Cl)C2. The van der Waals surface area contributed by atoms with Gasteiger partial charge in [-0.3, -0.25) is 9.69 Å². The zero-order valence-electron chi connectivity index (χ0n) is 22.5. The molecule has 1 amide bonds. The number of carbonyl (C=O) groups excluding carboxylic acids is 1. The third-order valence-electron chi connectivity index (χ3n) is 8.31. The fourth-order valence-electron chi connectivity index (χ4n) is 6.26. The first-order valence-corrected chi connectivity index (χ1v) is 14.1. The van der Waals surface area contributed by atoms with E-state index in [1.807, 2.05) is 47.4 Å². The Morgan fingerprint density at radius 2 is 1.65 bits per heavy atom. The van der Waals surface area contributed by atoms with Crippen LogP contribution in [0.15, 0.2) is 91.0 Å². The summed E-state index contributed by atoms with van der Waals surface area (Å²) >= 11 is 6.72. The summed E-state index contributed by atoms with van der Waals surface area (Å²) in [5.74, 6) is 0.503. The molecule has 6 heteroatoms. The van der Waals surface area contributed by atoms with Gasteiger partial charge in [0.05, 0.1) is 19.7 Å². The minimum atomic E-state index is -0.293. The largest absolute Gasteiger partial charge is 0.497 e. The van der Waals surface area contributed by atoms with Gasteiger partial charge >= 0.3 is 0 Å². The highest BCUT2D eigenvalue weighted by Gasteiger charge is 2.35. The Morgan fingerprint density at radius 3 is 2.45 bits per heavy atom. The highest BCUT2D eigenvalue weighted by molar-refractivity contribution is 6.31. The molecule has 1 heterocycles. The topological polar surface area (TPSA) is 32.8 Å². The van der Waals surface area contributed by atoms with E-state index in [1.165, 1.54) is 28.3 Å². The van der Waals surface area contributed by atoms with Crippen LogP contribution in [0.3, 0.4) is 0 Å². The van der Waals surface area contributed by atoms with Crippen LogP contribution in [0.4, 0.5) is 4.39 Å². The third-order valence-corrected chi connectivity index (χ3v) is 8.65. The van der Waals surface area contributed by atoms with Crippen LogP contribution in [-0.4, -0.2) is 41.9 Å². The summed E-state index contributed by atoms with van der Waals surface area (Å²) in [6.45, 7) is 1.17. The van der Waals surface area contributed by atoms with Crippen molar-refractivity contribution in [3.8, 4) is 5.75 Å². The average molecular weight is 555 g/mol. The average Bonchev–Trinajstić information content (AvgIpc) is 3.40. The molecular formula is C34H32ClFN2O2. The lowest BCUT2D eigenvalue weighted by atomic mass is 9.88. The van der Waals surface area contributed by atoms with Gasteiger partial charge in [-0.25, -0.2) is 4.39 Å². The van der Waals surface area contributed by atoms with Gasteiger partial charge in [0.1, 0.15) is 11.6 Å². The van der Waals surface area contributed by atoms with Crippen molar-refractivity contribution >= 4 is 17.5 Å². The van der Waals surface area contributed by atoms with E-state index in [4.69, 9.17) is 16.3 Å². The van der Waals surface area contributed by atoms with E-state index in [-0.39, 0.29) is 36.9 Å². The van der Waals surface area contributed by atoms with Crippen molar-refractivity contribution in [1.82, 2.24) is 9.80 Å². The van der Waals surface area contributed by atoms with Crippen LogP contribution in [0.2, 0.25) is 5.02 Å². The Labute approximate surface area is 240 Å². The van der Waals surface area contributed by atoms with Crippen molar-refractivity contribution in [3.63, 3.8) is 0 Å². The van der Waals surface area contributed by atoms with Crippen LogP contribution in [0.5, 0.6) is 5.75 Å². The molecule has 4 aromatic rings. The number of halogens is 2. The van der Waals surface area contributed by atoms with E-state index < -0.39 is 0 Å². The molecule has 2 atom stereocenters. The predicted octanol–water partition coefficient (Wildman–Crippen LogP) is 6.63. The van der Waals surface area contributed by atoms with Crippen LogP contribution in [0, 0.1) is 5.82 Å². The van der Waals surface area contributed by atoms with Crippen molar-refractivity contribution in [2.24, 2.45) is 0 Å². The molecule has 40 heavy (non-hydrogen) atoms. The summed E-state index contributed by atoms with van der Waals surface area (Å²) in [6.07, 6.45) is 2.30. The smallest absolute Gasteiger partial charge is 0.237 e. The lowest BCUT2D eigenvalue weighted by Crippen LogP contribution is -2.48. The fourth-order valence-corrected chi connectivity index (χ4v) is 6.50. The molecule has 0 bridgehead atoms. The third kappa shape index (κ3) is 5.24. The van der Waals surface area contributed by atoms with Gasteiger partial charge in [-0.1, -0.05) is 78.3 Å². The first-order valence-electron chi connectivity index (χ1n) is 13.8. The van der Waals surface area contributed by atoms with Gasteiger partial charge in [0.25, 0.3) is 0 Å². The maximum absolute atomic E-state index is 14.8. The molecular weight excluding hydrogens is 523 g/mol. The van der Waals surface area contributed by atoms with Crippen molar-refractivity contribution in [1.29, 1.82) is 0 Å². The normalized spacial score (nSPS) is 18.2. The van der Waals surface area contributed by atoms with Crippen LogP contribution in [0.1, 0.15) is 39.4 Å². The highest BCUT2D eigenvalue weighted by atomic mass is 35.5. The second kappa shape index (κ2) is 11.4. The van der Waals surface area contributed by atoms with Crippen molar-refractivity contribution < 1.29 is 13.9 Å². The van der Waals surface area contributed by atoms with Crippen LogP contribution < -0.4 is 4.74 Å². The molecule has 0 saturated carbocycles. The van der Waals surface area contributed by atoms with Gasteiger partial charge in [0, 0.05) is 29.7 Å². The Kier molecular flexibility index (Phi) is 7.59. The maximum Gasteiger partial charge on any atom is 0.237 e. The summed E-state index contributed by atoms with van der Waals surface area (Å²) in [6, 6.07) is 28.9. The number of hydrogen-bond donors (Lipinski definition) is 0. The zero-order valence-corrected chi connectivity index (χ0v) is 23.3. The second-order valence-electron chi connectivity index (χ2n) is 10.7. The molecule has 2 unspecified atom stereocenters. The van der Waals surface area contributed by atoms with Crippen molar-refractivity contribution in [2.75, 3.05) is 20.2 Å². The van der Waals surface area contributed by atoms with Gasteiger partial charge in [0.15, 0.2) is 0 Å². The lowest BCUT2D eigenvalue weighted by molar-refractivity contribution is -0.136. The van der Waals surface area contributed by atoms with Gasteiger partial charge < -0.3 is 9.64 Å². The quantitative estimate of drug-likeness (QED) is 0.257. The van der Waals surface area contributed by atoms with E-state index in [1.54, 1.807) is 19.2 Å². The number of ether oxygens (including phenoxy) is 1. The molecule has 0 aromatic heterocycles. The molecule has 0 radical (unpaired) electrons. The predicted molar refractivity (Wildman–Crippen MR) is 156 cm³/mol. The van der Waals surface area contributed by atoms with Crippen LogP contribution in [0.25, 0.3) is 0 Å². The van der Waals surface area contributed by atoms with Gasteiger partial charge in [-0.2, -0.15) is 0 Å². The number of fused-ring (bicyclic) bond motifs is 2. The lowest BCUT2D eigenvalue weighted by Gasteiger charge is -2.39. The highest BCUT2D eigenvalue weighted by Crippen LogP contribution is 2.38. The minimum Gasteiger partial charge on any atom is -0.497 e. The van der Waals surface area contributed by atoms with E-state index in [9.17, 15) is 9.18 Å². The van der Waals surface area contributed by atoms with Crippen molar-refractivity contribution in [2.45, 2.75) is 37.9 Å². The van der Waals surface area contributed by atoms with Gasteiger partial charge in [0.2, 0.25) is 5.91 Å². The number of benzene rings is 4. The molecule has 0 spiro atoms. The van der Waals surface area contributed by atoms with Crippen LogP contribution in [-0.2, 0) is 30.6 Å². The first-order chi connectivity index (χ1) is 19.5. The first kappa shape index (κ1) is 26.5.